The van der Waals surface area contributed by atoms with Gasteiger partial charge in [0, 0.05) is 6.54 Å². The molecule has 2 aromatic rings. The molecule has 18 heavy (non-hydrogen) atoms. The maximum atomic E-state index is 12.9. The van der Waals surface area contributed by atoms with Gasteiger partial charge in [0.25, 0.3) is 0 Å². The third-order valence-electron chi connectivity index (χ3n) is 3.15. The van der Waals surface area contributed by atoms with Crippen LogP contribution in [0.2, 0.25) is 0 Å². The molecule has 94 valence electrons. The van der Waals surface area contributed by atoms with Crippen molar-refractivity contribution in [2.45, 2.75) is 12.0 Å². The quantitative estimate of drug-likeness (QED) is 0.866. The van der Waals surface area contributed by atoms with E-state index in [-0.39, 0.29) is 5.82 Å². The summed E-state index contributed by atoms with van der Waals surface area (Å²) in [6.07, 6.45) is 0.591. The van der Waals surface area contributed by atoms with Crippen molar-refractivity contribution in [3.63, 3.8) is 0 Å². The highest BCUT2D eigenvalue weighted by Crippen LogP contribution is 2.22. The zero-order chi connectivity index (χ0) is 13.0. The van der Waals surface area contributed by atoms with Crippen molar-refractivity contribution < 1.29 is 4.39 Å². The Kier molecular flexibility index (Phi) is 3.75. The van der Waals surface area contributed by atoms with E-state index in [1.807, 2.05) is 30.3 Å². The number of hydrogen-bond donors (Lipinski definition) is 2. The highest BCUT2D eigenvalue weighted by atomic mass is 19.1. The van der Waals surface area contributed by atoms with E-state index in [1.54, 1.807) is 12.1 Å². The van der Waals surface area contributed by atoms with Crippen LogP contribution in [0.15, 0.2) is 54.6 Å². The van der Waals surface area contributed by atoms with Crippen LogP contribution in [-0.4, -0.2) is 6.54 Å². The van der Waals surface area contributed by atoms with Crippen molar-refractivity contribution in [1.29, 1.82) is 0 Å². The molecule has 0 fully saturated rings. The molecule has 2 rings (SSSR count). The monoisotopic (exact) mass is 244 g/mol. The van der Waals surface area contributed by atoms with Crippen LogP contribution in [0, 0.1) is 5.82 Å². The van der Waals surface area contributed by atoms with Crippen LogP contribution in [0.4, 0.5) is 4.39 Å². The van der Waals surface area contributed by atoms with E-state index in [9.17, 15) is 4.39 Å². The fourth-order valence-electron chi connectivity index (χ4n) is 2.03. The van der Waals surface area contributed by atoms with Crippen LogP contribution >= 0.6 is 0 Å². The van der Waals surface area contributed by atoms with Gasteiger partial charge in [-0.2, -0.15) is 0 Å². The minimum Gasteiger partial charge on any atom is -0.328 e. The highest BCUT2D eigenvalue weighted by Gasteiger charge is 2.25. The fourth-order valence-corrected chi connectivity index (χ4v) is 2.03. The van der Waals surface area contributed by atoms with Crippen LogP contribution < -0.4 is 11.5 Å². The molecule has 0 amide bonds. The van der Waals surface area contributed by atoms with E-state index in [4.69, 9.17) is 11.5 Å². The molecular weight excluding hydrogens is 227 g/mol. The lowest BCUT2D eigenvalue weighted by molar-refractivity contribution is 0.452. The molecule has 2 nitrogen and oxygen atoms in total. The van der Waals surface area contributed by atoms with Gasteiger partial charge in [-0.15, -0.1) is 0 Å². The van der Waals surface area contributed by atoms with Crippen LogP contribution in [0.1, 0.15) is 11.1 Å². The van der Waals surface area contributed by atoms with E-state index >= 15 is 0 Å². The van der Waals surface area contributed by atoms with Gasteiger partial charge >= 0.3 is 0 Å². The summed E-state index contributed by atoms with van der Waals surface area (Å²) in [7, 11) is 0. The Bertz CT molecular complexity index is 496. The molecule has 0 aliphatic carbocycles. The minimum atomic E-state index is -0.612. The number of benzene rings is 2. The zero-order valence-electron chi connectivity index (χ0n) is 10.1. The van der Waals surface area contributed by atoms with Crippen molar-refractivity contribution in [2.24, 2.45) is 11.5 Å². The van der Waals surface area contributed by atoms with Gasteiger partial charge in [0.1, 0.15) is 5.82 Å². The molecule has 0 aliphatic heterocycles. The Labute approximate surface area is 106 Å². The van der Waals surface area contributed by atoms with E-state index in [1.165, 1.54) is 12.1 Å². The molecule has 0 saturated carbocycles. The first kappa shape index (κ1) is 12.7. The fraction of sp³-hybridized carbons (Fsp3) is 0.200. The van der Waals surface area contributed by atoms with Gasteiger partial charge in [-0.25, -0.2) is 4.39 Å². The standard InChI is InChI=1S/C15H17FN2/c16-14-8-6-12(7-9-14)10-15(18,11-17)13-4-2-1-3-5-13/h1-9H,10-11,17-18H2. The first-order chi connectivity index (χ1) is 8.64. The molecule has 1 unspecified atom stereocenters. The van der Waals surface area contributed by atoms with Gasteiger partial charge in [-0.1, -0.05) is 42.5 Å². The summed E-state index contributed by atoms with van der Waals surface area (Å²) in [5, 5.41) is 0. The molecule has 0 spiro atoms. The van der Waals surface area contributed by atoms with Crippen LogP contribution in [0.3, 0.4) is 0 Å². The summed E-state index contributed by atoms with van der Waals surface area (Å²) in [6, 6.07) is 16.1. The van der Waals surface area contributed by atoms with Crippen molar-refractivity contribution in [2.75, 3.05) is 6.54 Å². The van der Waals surface area contributed by atoms with Crippen molar-refractivity contribution in [3.05, 3.63) is 71.5 Å². The smallest absolute Gasteiger partial charge is 0.123 e. The Balaban J connectivity index is 2.26. The Morgan fingerprint density at radius 3 is 2.11 bits per heavy atom. The van der Waals surface area contributed by atoms with E-state index in [0.717, 1.165) is 11.1 Å². The molecule has 0 aromatic heterocycles. The molecule has 3 heteroatoms. The average molecular weight is 244 g/mol. The number of hydrogen-bond acceptors (Lipinski definition) is 2. The van der Waals surface area contributed by atoms with Crippen LogP contribution in [0.25, 0.3) is 0 Å². The normalized spacial score (nSPS) is 14.2. The van der Waals surface area contributed by atoms with Crippen LogP contribution in [0.5, 0.6) is 0 Å². The molecule has 0 aliphatic rings. The average Bonchev–Trinajstić information content (AvgIpc) is 2.42. The Morgan fingerprint density at radius 1 is 0.944 bits per heavy atom. The molecule has 4 N–H and O–H groups in total. The summed E-state index contributed by atoms with van der Waals surface area (Å²) in [5.41, 5.74) is 13.6. The molecule has 2 aromatic carbocycles. The molecule has 1 atom stereocenters. The van der Waals surface area contributed by atoms with E-state index in [2.05, 4.69) is 0 Å². The summed E-state index contributed by atoms with van der Waals surface area (Å²) in [5.74, 6) is -0.242. The third-order valence-corrected chi connectivity index (χ3v) is 3.15. The van der Waals surface area contributed by atoms with Gasteiger partial charge in [0.15, 0.2) is 0 Å². The Morgan fingerprint density at radius 2 is 1.56 bits per heavy atom. The zero-order valence-corrected chi connectivity index (χ0v) is 10.1. The largest absolute Gasteiger partial charge is 0.328 e. The van der Waals surface area contributed by atoms with Crippen molar-refractivity contribution >= 4 is 0 Å². The van der Waals surface area contributed by atoms with Crippen molar-refractivity contribution in [1.82, 2.24) is 0 Å². The van der Waals surface area contributed by atoms with Gasteiger partial charge in [0.05, 0.1) is 5.54 Å². The molecule has 0 bridgehead atoms. The minimum absolute atomic E-state index is 0.242. The predicted octanol–water partition coefficient (Wildman–Crippen LogP) is 2.18. The second-order valence-corrected chi connectivity index (χ2v) is 4.53. The van der Waals surface area contributed by atoms with Gasteiger partial charge < -0.3 is 11.5 Å². The number of rotatable bonds is 4. The lowest BCUT2D eigenvalue weighted by Gasteiger charge is -2.28. The molecule has 0 heterocycles. The van der Waals surface area contributed by atoms with E-state index < -0.39 is 5.54 Å². The second-order valence-electron chi connectivity index (χ2n) is 4.53. The first-order valence-electron chi connectivity index (χ1n) is 5.93. The number of halogens is 1. The summed E-state index contributed by atoms with van der Waals surface area (Å²) in [6.45, 7) is 0.342. The predicted molar refractivity (Wildman–Crippen MR) is 71.5 cm³/mol. The van der Waals surface area contributed by atoms with Crippen LogP contribution in [-0.2, 0) is 12.0 Å². The highest BCUT2D eigenvalue weighted by molar-refractivity contribution is 5.29. The van der Waals surface area contributed by atoms with Gasteiger partial charge in [0.2, 0.25) is 0 Å². The lowest BCUT2D eigenvalue weighted by atomic mass is 9.85. The second kappa shape index (κ2) is 5.29. The number of nitrogens with two attached hydrogens (primary N) is 2. The van der Waals surface area contributed by atoms with E-state index in [0.29, 0.717) is 13.0 Å². The first-order valence-corrected chi connectivity index (χ1v) is 5.93. The van der Waals surface area contributed by atoms with Crippen molar-refractivity contribution in [3.8, 4) is 0 Å². The summed E-state index contributed by atoms with van der Waals surface area (Å²) < 4.78 is 12.9. The SMILES string of the molecule is NCC(N)(Cc1ccc(F)cc1)c1ccccc1. The molecular formula is C15H17FN2. The maximum absolute atomic E-state index is 12.9. The van der Waals surface area contributed by atoms with Gasteiger partial charge in [-0.05, 0) is 29.7 Å². The molecule has 0 saturated heterocycles. The third kappa shape index (κ3) is 2.75. The lowest BCUT2D eigenvalue weighted by Crippen LogP contribution is -2.45. The van der Waals surface area contributed by atoms with Gasteiger partial charge in [-0.3, -0.25) is 0 Å². The summed E-state index contributed by atoms with van der Waals surface area (Å²) >= 11 is 0. The Hall–Kier alpha value is -1.71. The molecule has 0 radical (unpaired) electrons. The summed E-state index contributed by atoms with van der Waals surface area (Å²) in [4.78, 5) is 0. The maximum Gasteiger partial charge on any atom is 0.123 e. The topological polar surface area (TPSA) is 52.0 Å².